The fraction of sp³-hybridized carbons (Fsp3) is 0.296. The SMILES string of the molecule is CC1(C)c2cc(Cl)ccc2C(=O)N1c1cncc(N2CC3(CN(C(=O)c4cnccc4C#N)C3)C2)c1. The Morgan fingerprint density at radius 3 is 2.53 bits per heavy atom. The van der Waals surface area contributed by atoms with E-state index in [0.29, 0.717) is 34.8 Å². The lowest BCUT2D eigenvalue weighted by Gasteiger charge is -2.60. The van der Waals surface area contributed by atoms with Gasteiger partial charge < -0.3 is 9.80 Å². The van der Waals surface area contributed by atoms with Crippen LogP contribution < -0.4 is 9.80 Å². The lowest BCUT2D eigenvalue weighted by molar-refractivity contribution is -0.0105. The van der Waals surface area contributed by atoms with Crippen LogP contribution in [0, 0.1) is 16.7 Å². The number of nitrogens with zero attached hydrogens (tertiary/aromatic N) is 6. The van der Waals surface area contributed by atoms with Gasteiger partial charge in [0.05, 0.1) is 40.4 Å². The van der Waals surface area contributed by atoms with Crippen molar-refractivity contribution in [2.75, 3.05) is 36.0 Å². The van der Waals surface area contributed by atoms with Crippen molar-refractivity contribution < 1.29 is 9.59 Å². The smallest absolute Gasteiger partial charge is 0.259 e. The molecule has 36 heavy (non-hydrogen) atoms. The summed E-state index contributed by atoms with van der Waals surface area (Å²) in [5.74, 6) is -0.215. The zero-order valence-electron chi connectivity index (χ0n) is 19.9. The van der Waals surface area contributed by atoms with E-state index in [4.69, 9.17) is 11.6 Å². The molecule has 6 rings (SSSR count). The number of amides is 2. The van der Waals surface area contributed by atoms with Gasteiger partial charge in [-0.2, -0.15) is 5.26 Å². The molecular weight excluding hydrogens is 476 g/mol. The summed E-state index contributed by atoms with van der Waals surface area (Å²) >= 11 is 6.22. The van der Waals surface area contributed by atoms with E-state index in [9.17, 15) is 14.9 Å². The predicted molar refractivity (Wildman–Crippen MR) is 135 cm³/mol. The van der Waals surface area contributed by atoms with Gasteiger partial charge in [-0.1, -0.05) is 11.6 Å². The molecule has 0 bridgehead atoms. The summed E-state index contributed by atoms with van der Waals surface area (Å²) in [6, 6.07) is 11.0. The number of likely N-dealkylation sites (tertiary alicyclic amines) is 1. The van der Waals surface area contributed by atoms with Gasteiger partial charge in [-0.15, -0.1) is 0 Å². The average molecular weight is 499 g/mol. The molecule has 0 aliphatic carbocycles. The van der Waals surface area contributed by atoms with Gasteiger partial charge in [0.1, 0.15) is 6.07 Å². The Morgan fingerprint density at radius 2 is 1.78 bits per heavy atom. The summed E-state index contributed by atoms with van der Waals surface area (Å²) in [5, 5.41) is 9.89. The summed E-state index contributed by atoms with van der Waals surface area (Å²) in [4.78, 5) is 40.4. The number of pyridine rings is 2. The second-order valence-corrected chi connectivity index (χ2v) is 10.8. The molecule has 2 aromatic heterocycles. The van der Waals surface area contributed by atoms with E-state index >= 15 is 0 Å². The van der Waals surface area contributed by atoms with Crippen LogP contribution in [0.2, 0.25) is 5.02 Å². The van der Waals surface area contributed by atoms with Gasteiger partial charge in [-0.25, -0.2) is 0 Å². The number of rotatable bonds is 3. The van der Waals surface area contributed by atoms with E-state index < -0.39 is 5.54 Å². The first-order valence-electron chi connectivity index (χ1n) is 11.7. The van der Waals surface area contributed by atoms with Crippen molar-refractivity contribution in [1.82, 2.24) is 14.9 Å². The van der Waals surface area contributed by atoms with Gasteiger partial charge >= 0.3 is 0 Å². The van der Waals surface area contributed by atoms with Gasteiger partial charge in [0.2, 0.25) is 0 Å². The Morgan fingerprint density at radius 1 is 1.03 bits per heavy atom. The molecule has 9 heteroatoms. The van der Waals surface area contributed by atoms with Crippen molar-refractivity contribution in [2.45, 2.75) is 19.4 Å². The lowest BCUT2D eigenvalue weighted by Crippen LogP contribution is -2.73. The molecule has 0 saturated carbocycles. The van der Waals surface area contributed by atoms with Gasteiger partial charge in [0, 0.05) is 54.6 Å². The quantitative estimate of drug-likeness (QED) is 0.544. The Kier molecular flexibility index (Phi) is 4.86. The highest BCUT2D eigenvalue weighted by molar-refractivity contribution is 6.31. The standard InChI is InChI=1S/C27H23ClN6O2/c1-26(2)23-7-18(28)3-4-21(23)25(36)34(26)20-8-19(10-31-11-20)32-13-27(14-32)15-33(16-27)24(35)22-12-30-6-5-17(22)9-29/h3-8,10-12H,13-16H2,1-2H3. The number of anilines is 2. The third kappa shape index (κ3) is 3.27. The second-order valence-electron chi connectivity index (χ2n) is 10.3. The van der Waals surface area contributed by atoms with E-state index in [1.807, 2.05) is 32.2 Å². The topological polar surface area (TPSA) is 93.4 Å². The highest BCUT2D eigenvalue weighted by Crippen LogP contribution is 2.45. The minimum Gasteiger partial charge on any atom is -0.369 e. The van der Waals surface area contributed by atoms with Crippen LogP contribution in [0.25, 0.3) is 0 Å². The molecular formula is C27H23ClN6O2. The van der Waals surface area contributed by atoms with Crippen molar-refractivity contribution in [2.24, 2.45) is 5.41 Å². The fourth-order valence-corrected chi connectivity index (χ4v) is 5.91. The van der Waals surface area contributed by atoms with Gasteiger partial charge in [0.25, 0.3) is 11.8 Å². The summed E-state index contributed by atoms with van der Waals surface area (Å²) < 4.78 is 0. The Hall–Kier alpha value is -3.96. The molecule has 0 radical (unpaired) electrons. The molecule has 3 aromatic rings. The third-order valence-corrected chi connectivity index (χ3v) is 7.77. The number of halogens is 1. The van der Waals surface area contributed by atoms with E-state index in [2.05, 4.69) is 20.9 Å². The Balaban J connectivity index is 1.16. The molecule has 0 N–H and O–H groups in total. The van der Waals surface area contributed by atoms with E-state index in [1.54, 1.807) is 34.2 Å². The van der Waals surface area contributed by atoms with Crippen LogP contribution in [-0.2, 0) is 5.54 Å². The minimum absolute atomic E-state index is 0.0381. The van der Waals surface area contributed by atoms with Crippen LogP contribution in [0.3, 0.4) is 0 Å². The molecule has 1 spiro atoms. The Labute approximate surface area is 213 Å². The van der Waals surface area contributed by atoms with Gasteiger partial charge in [-0.3, -0.25) is 24.5 Å². The van der Waals surface area contributed by atoms with Crippen molar-refractivity contribution in [3.63, 3.8) is 0 Å². The molecule has 0 atom stereocenters. The molecule has 2 fully saturated rings. The van der Waals surface area contributed by atoms with Crippen LogP contribution in [-0.4, -0.2) is 52.9 Å². The first-order valence-corrected chi connectivity index (χ1v) is 12.1. The van der Waals surface area contributed by atoms with E-state index in [-0.39, 0.29) is 17.2 Å². The first kappa shape index (κ1) is 22.5. The zero-order valence-corrected chi connectivity index (χ0v) is 20.7. The van der Waals surface area contributed by atoms with E-state index in [1.165, 1.54) is 12.4 Å². The van der Waals surface area contributed by atoms with Crippen molar-refractivity contribution >= 4 is 34.8 Å². The number of aromatic nitrogens is 2. The largest absolute Gasteiger partial charge is 0.369 e. The molecule has 3 aliphatic rings. The number of hydrogen-bond donors (Lipinski definition) is 0. The monoisotopic (exact) mass is 498 g/mol. The van der Waals surface area contributed by atoms with Crippen molar-refractivity contribution in [3.05, 3.63) is 82.4 Å². The lowest BCUT2D eigenvalue weighted by atomic mass is 9.72. The third-order valence-electron chi connectivity index (χ3n) is 7.53. The fourth-order valence-electron chi connectivity index (χ4n) is 5.74. The maximum Gasteiger partial charge on any atom is 0.259 e. The molecule has 180 valence electrons. The number of carbonyl (C=O) groups excluding carboxylic acids is 2. The summed E-state index contributed by atoms with van der Waals surface area (Å²) in [7, 11) is 0. The average Bonchev–Trinajstić information content (AvgIpc) is 3.01. The van der Waals surface area contributed by atoms with Crippen LogP contribution >= 0.6 is 11.6 Å². The normalized spacial score (nSPS) is 18.9. The summed E-state index contributed by atoms with van der Waals surface area (Å²) in [6.07, 6.45) is 6.51. The first-order chi connectivity index (χ1) is 17.2. The van der Waals surface area contributed by atoms with Crippen molar-refractivity contribution in [3.8, 4) is 6.07 Å². The van der Waals surface area contributed by atoms with Gasteiger partial charge in [-0.05, 0) is 49.7 Å². The zero-order chi connectivity index (χ0) is 25.2. The number of carbonyl (C=O) groups is 2. The summed E-state index contributed by atoms with van der Waals surface area (Å²) in [5.41, 5.74) is 3.42. The molecule has 1 aromatic carbocycles. The number of nitriles is 1. The van der Waals surface area contributed by atoms with Crippen LogP contribution in [0.15, 0.2) is 55.1 Å². The number of benzene rings is 1. The molecule has 8 nitrogen and oxygen atoms in total. The number of fused-ring (bicyclic) bond motifs is 1. The van der Waals surface area contributed by atoms with Crippen LogP contribution in [0.1, 0.15) is 45.7 Å². The van der Waals surface area contributed by atoms with E-state index in [0.717, 1.165) is 30.0 Å². The van der Waals surface area contributed by atoms with Gasteiger partial charge in [0.15, 0.2) is 0 Å². The maximum absolute atomic E-state index is 13.3. The molecule has 3 aliphatic heterocycles. The van der Waals surface area contributed by atoms with Crippen LogP contribution in [0.4, 0.5) is 11.4 Å². The molecule has 2 amide bonds. The van der Waals surface area contributed by atoms with Crippen LogP contribution in [0.5, 0.6) is 0 Å². The molecule has 2 saturated heterocycles. The van der Waals surface area contributed by atoms with Crippen molar-refractivity contribution in [1.29, 1.82) is 5.26 Å². The minimum atomic E-state index is -0.558. The second kappa shape index (κ2) is 7.77. The predicted octanol–water partition coefficient (Wildman–Crippen LogP) is 3.86. The molecule has 5 heterocycles. The highest BCUT2D eigenvalue weighted by Gasteiger charge is 2.53. The maximum atomic E-state index is 13.3. The molecule has 0 unspecified atom stereocenters. The summed E-state index contributed by atoms with van der Waals surface area (Å²) in [6.45, 7) is 6.91. The Bertz CT molecular complexity index is 1470. The highest BCUT2D eigenvalue weighted by atomic mass is 35.5. The number of hydrogen-bond acceptors (Lipinski definition) is 6.